The molecule has 2 N–H and O–H groups in total. The van der Waals surface area contributed by atoms with Crippen molar-refractivity contribution in [2.24, 2.45) is 0 Å². The van der Waals surface area contributed by atoms with Crippen molar-refractivity contribution in [1.82, 2.24) is 15.6 Å². The predicted molar refractivity (Wildman–Crippen MR) is 68.6 cm³/mol. The van der Waals surface area contributed by atoms with E-state index in [-0.39, 0.29) is 11.9 Å². The summed E-state index contributed by atoms with van der Waals surface area (Å²) in [6.07, 6.45) is 2.29. The third-order valence-corrected chi connectivity index (χ3v) is 2.39. The number of pyridine rings is 1. The van der Waals surface area contributed by atoms with Crippen LogP contribution in [0, 0.1) is 6.92 Å². The van der Waals surface area contributed by atoms with Crippen LogP contribution in [0.2, 0.25) is 0 Å². The Morgan fingerprint density at radius 1 is 1.47 bits per heavy atom. The molecule has 0 bridgehead atoms. The molecule has 0 aromatic carbocycles. The molecular weight excluding hydrogens is 214 g/mol. The molecule has 1 amide bonds. The molecule has 0 aliphatic heterocycles. The lowest BCUT2D eigenvalue weighted by molar-refractivity contribution is -0.121. The summed E-state index contributed by atoms with van der Waals surface area (Å²) >= 11 is 0. The number of hydrogen-bond acceptors (Lipinski definition) is 3. The SMILES string of the molecule is Cc1cccnc1CNCCC(=O)NC(C)C. The van der Waals surface area contributed by atoms with Crippen LogP contribution in [0.5, 0.6) is 0 Å². The lowest BCUT2D eigenvalue weighted by atomic mass is 10.2. The fourth-order valence-electron chi connectivity index (χ4n) is 1.51. The molecule has 0 saturated carbocycles. The topological polar surface area (TPSA) is 54.0 Å². The van der Waals surface area contributed by atoms with E-state index >= 15 is 0 Å². The van der Waals surface area contributed by atoms with Crippen molar-refractivity contribution in [2.45, 2.75) is 39.8 Å². The van der Waals surface area contributed by atoms with Crippen LogP contribution in [0.15, 0.2) is 18.3 Å². The van der Waals surface area contributed by atoms with Crippen LogP contribution in [-0.2, 0) is 11.3 Å². The quantitative estimate of drug-likeness (QED) is 0.733. The van der Waals surface area contributed by atoms with Crippen LogP contribution in [0.1, 0.15) is 31.5 Å². The molecule has 0 aliphatic carbocycles. The second-order valence-corrected chi connectivity index (χ2v) is 4.42. The zero-order valence-corrected chi connectivity index (χ0v) is 10.8. The van der Waals surface area contributed by atoms with Gasteiger partial charge in [0.1, 0.15) is 0 Å². The zero-order chi connectivity index (χ0) is 12.7. The highest BCUT2D eigenvalue weighted by atomic mass is 16.1. The van der Waals surface area contributed by atoms with Crippen LogP contribution < -0.4 is 10.6 Å². The average molecular weight is 235 g/mol. The Hall–Kier alpha value is -1.42. The summed E-state index contributed by atoms with van der Waals surface area (Å²) in [7, 11) is 0. The molecule has 0 aliphatic rings. The molecule has 0 unspecified atom stereocenters. The number of amides is 1. The third kappa shape index (κ3) is 5.45. The Bertz CT molecular complexity index is 363. The maximum atomic E-state index is 11.4. The minimum absolute atomic E-state index is 0.0882. The summed E-state index contributed by atoms with van der Waals surface area (Å²) < 4.78 is 0. The number of aromatic nitrogens is 1. The highest BCUT2D eigenvalue weighted by molar-refractivity contribution is 5.76. The number of carbonyl (C=O) groups is 1. The van der Waals surface area contributed by atoms with E-state index in [1.54, 1.807) is 6.20 Å². The van der Waals surface area contributed by atoms with Gasteiger partial charge in [-0.2, -0.15) is 0 Å². The fourth-order valence-corrected chi connectivity index (χ4v) is 1.51. The van der Waals surface area contributed by atoms with Crippen LogP contribution >= 0.6 is 0 Å². The molecule has 0 saturated heterocycles. The van der Waals surface area contributed by atoms with Gasteiger partial charge in [0.15, 0.2) is 0 Å². The molecule has 0 spiro atoms. The van der Waals surface area contributed by atoms with Crippen molar-refractivity contribution in [3.63, 3.8) is 0 Å². The first-order valence-electron chi connectivity index (χ1n) is 6.00. The summed E-state index contributed by atoms with van der Waals surface area (Å²) in [5.74, 6) is 0.0882. The summed E-state index contributed by atoms with van der Waals surface area (Å²) in [6.45, 7) is 7.34. The van der Waals surface area contributed by atoms with E-state index in [4.69, 9.17) is 0 Å². The largest absolute Gasteiger partial charge is 0.354 e. The monoisotopic (exact) mass is 235 g/mol. The number of aryl methyl sites for hydroxylation is 1. The molecule has 4 nitrogen and oxygen atoms in total. The van der Waals surface area contributed by atoms with E-state index in [0.717, 1.165) is 5.69 Å². The molecule has 0 fully saturated rings. The molecule has 1 aromatic heterocycles. The molecule has 94 valence electrons. The highest BCUT2D eigenvalue weighted by Crippen LogP contribution is 2.01. The van der Waals surface area contributed by atoms with Gasteiger partial charge in [0.05, 0.1) is 5.69 Å². The Morgan fingerprint density at radius 2 is 2.24 bits per heavy atom. The molecule has 1 rings (SSSR count). The maximum absolute atomic E-state index is 11.4. The second kappa shape index (κ2) is 7.01. The number of nitrogens with one attached hydrogen (secondary N) is 2. The van der Waals surface area contributed by atoms with Crippen LogP contribution in [0.4, 0.5) is 0 Å². The molecular formula is C13H21N3O. The Balaban J connectivity index is 2.21. The van der Waals surface area contributed by atoms with Crippen molar-refractivity contribution in [3.8, 4) is 0 Å². The fraction of sp³-hybridized carbons (Fsp3) is 0.538. The maximum Gasteiger partial charge on any atom is 0.221 e. The Labute approximate surface area is 103 Å². The molecule has 4 heteroatoms. The van der Waals surface area contributed by atoms with Gasteiger partial charge < -0.3 is 10.6 Å². The zero-order valence-electron chi connectivity index (χ0n) is 10.8. The lowest BCUT2D eigenvalue weighted by Gasteiger charge is -2.09. The molecule has 0 radical (unpaired) electrons. The summed E-state index contributed by atoms with van der Waals surface area (Å²) in [6, 6.07) is 4.17. The Kier molecular flexibility index (Phi) is 5.63. The summed E-state index contributed by atoms with van der Waals surface area (Å²) in [4.78, 5) is 15.6. The molecule has 17 heavy (non-hydrogen) atoms. The van der Waals surface area contributed by atoms with E-state index in [1.807, 2.05) is 32.9 Å². The van der Waals surface area contributed by atoms with Crippen molar-refractivity contribution in [2.75, 3.05) is 6.54 Å². The van der Waals surface area contributed by atoms with Gasteiger partial charge in [0.2, 0.25) is 5.91 Å². The highest BCUT2D eigenvalue weighted by Gasteiger charge is 2.03. The third-order valence-electron chi connectivity index (χ3n) is 2.39. The lowest BCUT2D eigenvalue weighted by Crippen LogP contribution is -2.32. The summed E-state index contributed by atoms with van der Waals surface area (Å²) in [5.41, 5.74) is 2.21. The van der Waals surface area contributed by atoms with E-state index in [9.17, 15) is 4.79 Å². The van der Waals surface area contributed by atoms with Gasteiger partial charge >= 0.3 is 0 Å². The van der Waals surface area contributed by atoms with E-state index in [2.05, 4.69) is 15.6 Å². The van der Waals surface area contributed by atoms with Crippen molar-refractivity contribution < 1.29 is 4.79 Å². The van der Waals surface area contributed by atoms with Crippen molar-refractivity contribution >= 4 is 5.91 Å². The molecule has 1 heterocycles. The van der Waals surface area contributed by atoms with Gasteiger partial charge in [0.25, 0.3) is 0 Å². The van der Waals surface area contributed by atoms with Crippen molar-refractivity contribution in [1.29, 1.82) is 0 Å². The smallest absolute Gasteiger partial charge is 0.221 e. The normalized spacial score (nSPS) is 10.6. The van der Waals surface area contributed by atoms with Gasteiger partial charge in [-0.05, 0) is 32.4 Å². The minimum Gasteiger partial charge on any atom is -0.354 e. The van der Waals surface area contributed by atoms with E-state index in [1.165, 1.54) is 5.56 Å². The summed E-state index contributed by atoms with van der Waals surface area (Å²) in [5, 5.41) is 6.08. The first-order chi connectivity index (χ1) is 8.09. The van der Waals surface area contributed by atoms with Gasteiger partial charge in [0, 0.05) is 31.7 Å². The van der Waals surface area contributed by atoms with Crippen LogP contribution in [-0.4, -0.2) is 23.5 Å². The number of nitrogens with zero attached hydrogens (tertiary/aromatic N) is 1. The van der Waals surface area contributed by atoms with E-state index in [0.29, 0.717) is 19.5 Å². The number of rotatable bonds is 6. The van der Waals surface area contributed by atoms with Gasteiger partial charge in [-0.25, -0.2) is 0 Å². The van der Waals surface area contributed by atoms with Gasteiger partial charge in [-0.15, -0.1) is 0 Å². The molecule has 1 aromatic rings. The Morgan fingerprint density at radius 3 is 2.88 bits per heavy atom. The van der Waals surface area contributed by atoms with Crippen molar-refractivity contribution in [3.05, 3.63) is 29.6 Å². The predicted octanol–water partition coefficient (Wildman–Crippen LogP) is 1.39. The van der Waals surface area contributed by atoms with Crippen LogP contribution in [0.3, 0.4) is 0 Å². The minimum atomic E-state index is 0.0882. The van der Waals surface area contributed by atoms with Gasteiger partial charge in [-0.1, -0.05) is 6.07 Å². The average Bonchev–Trinajstić information content (AvgIpc) is 2.25. The first-order valence-corrected chi connectivity index (χ1v) is 6.00. The molecule has 0 atom stereocenters. The van der Waals surface area contributed by atoms with E-state index < -0.39 is 0 Å². The second-order valence-electron chi connectivity index (χ2n) is 4.42. The van der Waals surface area contributed by atoms with Gasteiger partial charge in [-0.3, -0.25) is 9.78 Å². The van der Waals surface area contributed by atoms with Crippen LogP contribution in [0.25, 0.3) is 0 Å². The first kappa shape index (κ1) is 13.6. The number of carbonyl (C=O) groups excluding carboxylic acids is 1. The number of hydrogen-bond donors (Lipinski definition) is 2. The standard InChI is InChI=1S/C13H21N3O/c1-10(2)16-13(17)6-8-14-9-12-11(3)5-4-7-15-12/h4-5,7,10,14H,6,8-9H2,1-3H3,(H,16,17).